The average Bonchev–Trinajstić information content (AvgIpc) is 3.27. The number of piperazine rings is 1. The Hall–Kier alpha value is -1.80. The number of carbonyl (C=O) groups excluding carboxylic acids is 1. The van der Waals surface area contributed by atoms with Gasteiger partial charge < -0.3 is 14.2 Å². The number of aromatic nitrogens is 3. The van der Waals surface area contributed by atoms with E-state index in [1.807, 2.05) is 24.0 Å². The molecule has 8 heteroatoms. The predicted octanol–water partition coefficient (Wildman–Crippen LogP) is 2.44. The number of amides is 1. The SMILES string of the molecule is CCN1CCN(C(=O)C(C)Sc2nnc(C3CC3)n2Cc2ccco2)CC1. The van der Waals surface area contributed by atoms with E-state index < -0.39 is 0 Å². The van der Waals surface area contributed by atoms with E-state index in [1.165, 1.54) is 11.8 Å². The predicted molar refractivity (Wildman–Crippen MR) is 104 cm³/mol. The molecule has 146 valence electrons. The number of hydrogen-bond donors (Lipinski definition) is 0. The van der Waals surface area contributed by atoms with Gasteiger partial charge in [-0.05, 0) is 38.4 Å². The number of likely N-dealkylation sites (N-methyl/N-ethyl adjacent to an activating group) is 1. The van der Waals surface area contributed by atoms with Crippen molar-refractivity contribution in [1.29, 1.82) is 0 Å². The molecule has 1 saturated heterocycles. The number of thioether (sulfide) groups is 1. The van der Waals surface area contributed by atoms with Gasteiger partial charge in [-0.2, -0.15) is 0 Å². The van der Waals surface area contributed by atoms with E-state index >= 15 is 0 Å². The molecule has 1 aliphatic heterocycles. The Labute approximate surface area is 164 Å². The number of carbonyl (C=O) groups is 1. The first-order chi connectivity index (χ1) is 13.2. The van der Waals surface area contributed by atoms with Gasteiger partial charge in [-0.1, -0.05) is 18.7 Å². The number of nitrogens with zero attached hydrogens (tertiary/aromatic N) is 5. The van der Waals surface area contributed by atoms with Gasteiger partial charge in [-0.15, -0.1) is 10.2 Å². The van der Waals surface area contributed by atoms with Crippen LogP contribution >= 0.6 is 11.8 Å². The third kappa shape index (κ3) is 4.21. The van der Waals surface area contributed by atoms with Crippen LogP contribution in [0.15, 0.2) is 28.0 Å². The van der Waals surface area contributed by atoms with E-state index in [2.05, 4.69) is 26.6 Å². The monoisotopic (exact) mass is 389 g/mol. The van der Waals surface area contributed by atoms with Crippen LogP contribution < -0.4 is 0 Å². The van der Waals surface area contributed by atoms with Gasteiger partial charge in [-0.3, -0.25) is 9.36 Å². The maximum absolute atomic E-state index is 12.9. The summed E-state index contributed by atoms with van der Waals surface area (Å²) in [5, 5.41) is 9.46. The minimum atomic E-state index is -0.176. The lowest BCUT2D eigenvalue weighted by Crippen LogP contribution is -2.50. The molecule has 3 heterocycles. The van der Waals surface area contributed by atoms with Crippen LogP contribution in [0.3, 0.4) is 0 Å². The molecule has 2 fully saturated rings. The fourth-order valence-corrected chi connectivity index (χ4v) is 4.43. The van der Waals surface area contributed by atoms with Crippen LogP contribution in [0.25, 0.3) is 0 Å². The molecule has 0 aromatic carbocycles. The quantitative estimate of drug-likeness (QED) is 0.678. The van der Waals surface area contributed by atoms with E-state index in [1.54, 1.807) is 6.26 Å². The second kappa shape index (κ2) is 8.06. The molecule has 7 nitrogen and oxygen atoms in total. The summed E-state index contributed by atoms with van der Waals surface area (Å²) in [6.07, 6.45) is 4.01. The van der Waals surface area contributed by atoms with Crippen molar-refractivity contribution in [3.63, 3.8) is 0 Å². The van der Waals surface area contributed by atoms with Crippen molar-refractivity contribution in [2.75, 3.05) is 32.7 Å². The van der Waals surface area contributed by atoms with Crippen molar-refractivity contribution < 1.29 is 9.21 Å². The summed E-state index contributed by atoms with van der Waals surface area (Å²) in [7, 11) is 0. The van der Waals surface area contributed by atoms with E-state index in [9.17, 15) is 4.79 Å². The van der Waals surface area contributed by atoms with Gasteiger partial charge >= 0.3 is 0 Å². The summed E-state index contributed by atoms with van der Waals surface area (Å²) in [6.45, 7) is 9.34. The summed E-state index contributed by atoms with van der Waals surface area (Å²) in [5.74, 6) is 2.59. The Morgan fingerprint density at radius 1 is 1.30 bits per heavy atom. The van der Waals surface area contributed by atoms with Gasteiger partial charge in [0.15, 0.2) is 5.16 Å². The first-order valence-corrected chi connectivity index (χ1v) is 10.7. The van der Waals surface area contributed by atoms with Crippen molar-refractivity contribution in [2.45, 2.75) is 49.6 Å². The fourth-order valence-electron chi connectivity index (χ4n) is 3.49. The Morgan fingerprint density at radius 3 is 2.70 bits per heavy atom. The highest BCUT2D eigenvalue weighted by atomic mass is 32.2. The second-order valence-corrected chi connectivity index (χ2v) is 8.61. The molecule has 1 saturated carbocycles. The molecule has 2 aromatic heterocycles. The molecule has 0 bridgehead atoms. The summed E-state index contributed by atoms with van der Waals surface area (Å²) in [4.78, 5) is 17.3. The zero-order chi connectivity index (χ0) is 18.8. The summed E-state index contributed by atoms with van der Waals surface area (Å²) in [5.41, 5.74) is 0. The third-order valence-corrected chi connectivity index (χ3v) is 6.41. The molecular formula is C19H27N5O2S. The van der Waals surface area contributed by atoms with Gasteiger partial charge in [0.05, 0.1) is 18.1 Å². The molecule has 1 aliphatic carbocycles. The van der Waals surface area contributed by atoms with Gasteiger partial charge in [0, 0.05) is 32.1 Å². The molecule has 2 aliphatic rings. The van der Waals surface area contributed by atoms with Crippen molar-refractivity contribution in [3.05, 3.63) is 30.0 Å². The van der Waals surface area contributed by atoms with Crippen LogP contribution in [0.5, 0.6) is 0 Å². The highest BCUT2D eigenvalue weighted by Crippen LogP contribution is 2.40. The zero-order valence-electron chi connectivity index (χ0n) is 16.0. The number of rotatable bonds is 7. The van der Waals surface area contributed by atoms with Crippen molar-refractivity contribution >= 4 is 17.7 Å². The molecule has 2 aromatic rings. The van der Waals surface area contributed by atoms with Crippen LogP contribution in [0.2, 0.25) is 0 Å². The Balaban J connectivity index is 1.44. The van der Waals surface area contributed by atoms with Gasteiger partial charge in [-0.25, -0.2) is 0 Å². The van der Waals surface area contributed by atoms with Gasteiger partial charge in [0.1, 0.15) is 11.6 Å². The summed E-state index contributed by atoms with van der Waals surface area (Å²) < 4.78 is 7.64. The molecule has 1 atom stereocenters. The van der Waals surface area contributed by atoms with Crippen molar-refractivity contribution in [1.82, 2.24) is 24.6 Å². The number of furan rings is 1. The highest BCUT2D eigenvalue weighted by Gasteiger charge is 2.32. The smallest absolute Gasteiger partial charge is 0.235 e. The van der Waals surface area contributed by atoms with E-state index in [0.717, 1.165) is 62.3 Å². The summed E-state index contributed by atoms with van der Waals surface area (Å²) in [6, 6.07) is 3.86. The van der Waals surface area contributed by atoms with E-state index in [-0.39, 0.29) is 11.2 Å². The molecule has 0 spiro atoms. The molecule has 27 heavy (non-hydrogen) atoms. The maximum atomic E-state index is 12.9. The fraction of sp³-hybridized carbons (Fsp3) is 0.632. The topological polar surface area (TPSA) is 67.4 Å². The van der Waals surface area contributed by atoms with Crippen LogP contribution in [-0.4, -0.2) is 68.4 Å². The first kappa shape index (κ1) is 18.6. The minimum absolute atomic E-state index is 0.176. The van der Waals surface area contributed by atoms with Crippen molar-refractivity contribution in [3.8, 4) is 0 Å². The highest BCUT2D eigenvalue weighted by molar-refractivity contribution is 8.00. The Morgan fingerprint density at radius 2 is 2.07 bits per heavy atom. The van der Waals surface area contributed by atoms with E-state index in [4.69, 9.17) is 4.42 Å². The number of hydrogen-bond acceptors (Lipinski definition) is 6. The minimum Gasteiger partial charge on any atom is -0.467 e. The zero-order valence-corrected chi connectivity index (χ0v) is 16.8. The molecule has 1 amide bonds. The summed E-state index contributed by atoms with van der Waals surface area (Å²) >= 11 is 1.51. The van der Waals surface area contributed by atoms with Crippen LogP contribution in [-0.2, 0) is 11.3 Å². The third-order valence-electron chi connectivity index (χ3n) is 5.34. The first-order valence-electron chi connectivity index (χ1n) is 9.79. The largest absolute Gasteiger partial charge is 0.467 e. The molecule has 4 rings (SSSR count). The molecule has 0 N–H and O–H groups in total. The maximum Gasteiger partial charge on any atom is 0.235 e. The lowest BCUT2D eigenvalue weighted by Gasteiger charge is -2.35. The van der Waals surface area contributed by atoms with E-state index in [0.29, 0.717) is 12.5 Å². The standard InChI is InChI=1S/C19H27N5O2S/c1-3-22-8-10-23(11-9-22)18(25)14(2)27-19-21-20-17(15-6-7-15)24(19)13-16-5-4-12-26-16/h4-5,12,14-15H,3,6-11,13H2,1-2H3. The Bertz CT molecular complexity index is 763. The van der Waals surface area contributed by atoms with Gasteiger partial charge in [0.2, 0.25) is 5.91 Å². The normalized spacial score (nSPS) is 19.4. The molecule has 0 radical (unpaired) electrons. The van der Waals surface area contributed by atoms with Crippen LogP contribution in [0.4, 0.5) is 0 Å². The average molecular weight is 390 g/mol. The molecular weight excluding hydrogens is 362 g/mol. The molecule has 1 unspecified atom stereocenters. The van der Waals surface area contributed by atoms with Gasteiger partial charge in [0.25, 0.3) is 0 Å². The second-order valence-electron chi connectivity index (χ2n) is 7.30. The Kier molecular flexibility index (Phi) is 5.54. The van der Waals surface area contributed by atoms with Crippen molar-refractivity contribution in [2.24, 2.45) is 0 Å². The lowest BCUT2D eigenvalue weighted by atomic mass is 10.3. The van der Waals surface area contributed by atoms with Crippen LogP contribution in [0.1, 0.15) is 44.2 Å². The van der Waals surface area contributed by atoms with Crippen LogP contribution in [0, 0.1) is 0 Å². The lowest BCUT2D eigenvalue weighted by molar-refractivity contribution is -0.132.